The minimum atomic E-state index is -0.489. The monoisotopic (exact) mass is 154 g/mol. The van der Waals surface area contributed by atoms with E-state index in [2.05, 4.69) is 10.3 Å². The molecular weight excluding hydrogens is 143 g/mol. The summed E-state index contributed by atoms with van der Waals surface area (Å²) in [5.41, 5.74) is 1.56. The molecule has 0 fully saturated rings. The number of nitrogens with zero attached hydrogens (tertiary/aromatic N) is 1. The Morgan fingerprint density at radius 3 is 3.09 bits per heavy atom. The van der Waals surface area contributed by atoms with Crippen molar-refractivity contribution >= 4 is 0 Å². The van der Waals surface area contributed by atoms with Gasteiger partial charge in [0, 0.05) is 12.7 Å². The molecule has 0 aliphatic carbocycles. The normalized spacial score (nSPS) is 10.0. The molecule has 0 atom stereocenters. The van der Waals surface area contributed by atoms with Crippen molar-refractivity contribution in [2.24, 2.45) is 0 Å². The summed E-state index contributed by atoms with van der Waals surface area (Å²) in [6.07, 6.45) is 1.63. The number of halogens is 1. The first-order chi connectivity index (χ1) is 5.36. The Labute approximate surface area is 65.5 Å². The molecule has 60 valence electrons. The summed E-state index contributed by atoms with van der Waals surface area (Å²) in [6, 6.07) is 3.63. The van der Waals surface area contributed by atoms with E-state index in [4.69, 9.17) is 0 Å². The Morgan fingerprint density at radius 2 is 2.45 bits per heavy atom. The molecule has 0 saturated heterocycles. The summed E-state index contributed by atoms with van der Waals surface area (Å²) >= 11 is 0. The van der Waals surface area contributed by atoms with Crippen LogP contribution in [-0.2, 0) is 13.2 Å². The summed E-state index contributed by atoms with van der Waals surface area (Å²) < 4.78 is 12.1. The van der Waals surface area contributed by atoms with Crippen molar-refractivity contribution < 1.29 is 4.39 Å². The lowest BCUT2D eigenvalue weighted by Gasteiger charge is -1.99. The first-order valence-electron chi connectivity index (χ1n) is 3.51. The lowest BCUT2D eigenvalue weighted by Crippen LogP contribution is -2.05. The molecule has 0 spiro atoms. The van der Waals surface area contributed by atoms with Gasteiger partial charge in [0.05, 0.1) is 5.69 Å². The zero-order valence-electron chi connectivity index (χ0n) is 6.47. The van der Waals surface area contributed by atoms with Crippen LogP contribution in [0, 0.1) is 0 Å². The van der Waals surface area contributed by atoms with Gasteiger partial charge in [0.1, 0.15) is 6.67 Å². The highest BCUT2D eigenvalue weighted by Gasteiger charge is 1.94. The Bertz CT molecular complexity index is 225. The highest BCUT2D eigenvalue weighted by Crippen LogP contribution is 2.02. The molecule has 1 aromatic rings. The molecule has 0 amide bonds. The zero-order chi connectivity index (χ0) is 8.10. The predicted molar refractivity (Wildman–Crippen MR) is 41.8 cm³/mol. The van der Waals surface area contributed by atoms with Crippen molar-refractivity contribution in [3.8, 4) is 0 Å². The lowest BCUT2D eigenvalue weighted by molar-refractivity contribution is 0.475. The molecule has 1 aromatic heterocycles. The van der Waals surface area contributed by atoms with Gasteiger partial charge in [0.2, 0.25) is 0 Å². The van der Waals surface area contributed by atoms with Gasteiger partial charge in [-0.3, -0.25) is 4.98 Å². The van der Waals surface area contributed by atoms with Crippen LogP contribution in [0.15, 0.2) is 18.3 Å². The minimum Gasteiger partial charge on any atom is -0.316 e. The average Bonchev–Trinajstić information content (AvgIpc) is 2.06. The third kappa shape index (κ3) is 2.27. The van der Waals surface area contributed by atoms with Crippen LogP contribution in [0.1, 0.15) is 11.3 Å². The fraction of sp³-hybridized carbons (Fsp3) is 0.375. The highest BCUT2D eigenvalue weighted by molar-refractivity contribution is 5.15. The standard InChI is InChI=1S/C8H11FN2/c1-10-6-7-2-3-11-8(4-7)5-9/h2-4,10H,5-6H2,1H3. The second-order valence-corrected chi connectivity index (χ2v) is 2.32. The van der Waals surface area contributed by atoms with E-state index in [-0.39, 0.29) is 0 Å². The molecule has 0 bridgehead atoms. The molecule has 0 saturated carbocycles. The Hall–Kier alpha value is -0.960. The van der Waals surface area contributed by atoms with Gasteiger partial charge in [-0.1, -0.05) is 0 Å². The fourth-order valence-electron chi connectivity index (χ4n) is 0.915. The molecule has 1 N–H and O–H groups in total. The quantitative estimate of drug-likeness (QED) is 0.709. The van der Waals surface area contributed by atoms with Gasteiger partial charge in [0.25, 0.3) is 0 Å². The number of nitrogens with one attached hydrogen (secondary N) is 1. The van der Waals surface area contributed by atoms with E-state index in [1.165, 1.54) is 0 Å². The molecule has 0 unspecified atom stereocenters. The smallest absolute Gasteiger partial charge is 0.131 e. The van der Waals surface area contributed by atoms with Crippen LogP contribution in [0.3, 0.4) is 0 Å². The van der Waals surface area contributed by atoms with Crippen molar-refractivity contribution in [3.05, 3.63) is 29.6 Å². The summed E-state index contributed by atoms with van der Waals surface area (Å²) in [5.74, 6) is 0. The molecule has 0 aromatic carbocycles. The van der Waals surface area contributed by atoms with E-state index >= 15 is 0 Å². The SMILES string of the molecule is CNCc1ccnc(CF)c1. The van der Waals surface area contributed by atoms with Crippen LogP contribution in [0.25, 0.3) is 0 Å². The molecular formula is C8H11FN2. The number of pyridine rings is 1. The third-order valence-electron chi connectivity index (χ3n) is 1.40. The van der Waals surface area contributed by atoms with Gasteiger partial charge in [-0.2, -0.15) is 0 Å². The van der Waals surface area contributed by atoms with Crippen molar-refractivity contribution in [2.75, 3.05) is 7.05 Å². The first-order valence-corrected chi connectivity index (χ1v) is 3.51. The third-order valence-corrected chi connectivity index (χ3v) is 1.40. The first kappa shape index (κ1) is 8.14. The molecule has 1 rings (SSSR count). The highest BCUT2D eigenvalue weighted by atomic mass is 19.1. The van der Waals surface area contributed by atoms with Crippen LogP contribution >= 0.6 is 0 Å². The van der Waals surface area contributed by atoms with Gasteiger partial charge in [-0.05, 0) is 24.7 Å². The van der Waals surface area contributed by atoms with Gasteiger partial charge in [0.15, 0.2) is 0 Å². The van der Waals surface area contributed by atoms with Crippen molar-refractivity contribution in [3.63, 3.8) is 0 Å². The van der Waals surface area contributed by atoms with E-state index in [1.807, 2.05) is 13.1 Å². The topological polar surface area (TPSA) is 24.9 Å². The van der Waals surface area contributed by atoms with Crippen LogP contribution in [0.2, 0.25) is 0 Å². The predicted octanol–water partition coefficient (Wildman–Crippen LogP) is 1.27. The number of rotatable bonds is 3. The van der Waals surface area contributed by atoms with Crippen LogP contribution in [0.5, 0.6) is 0 Å². The average molecular weight is 154 g/mol. The molecule has 2 nitrogen and oxygen atoms in total. The van der Waals surface area contributed by atoms with Gasteiger partial charge >= 0.3 is 0 Å². The number of hydrogen-bond acceptors (Lipinski definition) is 2. The Balaban J connectivity index is 2.74. The number of alkyl halides is 1. The summed E-state index contributed by atoms with van der Waals surface area (Å²) in [5, 5.41) is 2.99. The van der Waals surface area contributed by atoms with E-state index < -0.39 is 6.67 Å². The summed E-state index contributed by atoms with van der Waals surface area (Å²) in [4.78, 5) is 3.84. The van der Waals surface area contributed by atoms with Crippen molar-refractivity contribution in [1.29, 1.82) is 0 Å². The molecule has 1 heterocycles. The van der Waals surface area contributed by atoms with E-state index in [9.17, 15) is 4.39 Å². The molecule has 0 aliphatic rings. The fourth-order valence-corrected chi connectivity index (χ4v) is 0.915. The second kappa shape index (κ2) is 4.03. The zero-order valence-corrected chi connectivity index (χ0v) is 6.47. The van der Waals surface area contributed by atoms with Crippen LogP contribution in [0.4, 0.5) is 4.39 Å². The van der Waals surface area contributed by atoms with E-state index in [0.717, 1.165) is 12.1 Å². The minimum absolute atomic E-state index is 0.489. The van der Waals surface area contributed by atoms with E-state index in [1.54, 1.807) is 12.3 Å². The van der Waals surface area contributed by atoms with Gasteiger partial charge in [-0.15, -0.1) is 0 Å². The van der Waals surface area contributed by atoms with Crippen molar-refractivity contribution in [1.82, 2.24) is 10.3 Å². The molecule has 0 radical (unpaired) electrons. The molecule has 11 heavy (non-hydrogen) atoms. The Kier molecular flexibility index (Phi) is 2.98. The molecule has 3 heteroatoms. The second-order valence-electron chi connectivity index (χ2n) is 2.32. The van der Waals surface area contributed by atoms with Crippen LogP contribution in [-0.4, -0.2) is 12.0 Å². The van der Waals surface area contributed by atoms with E-state index in [0.29, 0.717) is 5.69 Å². The number of hydrogen-bond donors (Lipinski definition) is 1. The van der Waals surface area contributed by atoms with Crippen molar-refractivity contribution in [2.45, 2.75) is 13.2 Å². The largest absolute Gasteiger partial charge is 0.316 e. The maximum atomic E-state index is 12.1. The van der Waals surface area contributed by atoms with Gasteiger partial charge in [-0.25, -0.2) is 4.39 Å². The summed E-state index contributed by atoms with van der Waals surface area (Å²) in [6.45, 7) is 0.271. The maximum absolute atomic E-state index is 12.1. The molecule has 0 aliphatic heterocycles. The van der Waals surface area contributed by atoms with Crippen LogP contribution < -0.4 is 5.32 Å². The summed E-state index contributed by atoms with van der Waals surface area (Å²) in [7, 11) is 1.86. The van der Waals surface area contributed by atoms with Gasteiger partial charge < -0.3 is 5.32 Å². The lowest BCUT2D eigenvalue weighted by atomic mass is 10.2. The number of aromatic nitrogens is 1. The maximum Gasteiger partial charge on any atom is 0.131 e. The Morgan fingerprint density at radius 1 is 1.64 bits per heavy atom.